The molecule has 0 aromatic carbocycles. The van der Waals surface area contributed by atoms with Crippen LogP contribution in [0.1, 0.15) is 24.0 Å². The molecule has 1 aromatic rings. The molecule has 0 aliphatic rings. The molecule has 0 aliphatic carbocycles. The Morgan fingerprint density at radius 2 is 2.40 bits per heavy atom. The van der Waals surface area contributed by atoms with E-state index in [0.29, 0.717) is 6.04 Å². The molecule has 0 aliphatic heterocycles. The van der Waals surface area contributed by atoms with E-state index in [0.717, 1.165) is 31.0 Å². The van der Waals surface area contributed by atoms with E-state index in [1.807, 2.05) is 6.92 Å². The average Bonchev–Trinajstić information content (AvgIpc) is 2.61. The molecule has 0 fully saturated rings. The smallest absolute Gasteiger partial charge is 0.0897 e. The zero-order valence-corrected chi connectivity index (χ0v) is 10.6. The summed E-state index contributed by atoms with van der Waals surface area (Å²) in [7, 11) is 1.74. The van der Waals surface area contributed by atoms with E-state index in [-0.39, 0.29) is 0 Å². The minimum Gasteiger partial charge on any atom is -0.383 e. The molecule has 1 aromatic heterocycles. The van der Waals surface area contributed by atoms with E-state index in [1.54, 1.807) is 18.4 Å². The number of thiazole rings is 1. The second-order valence-corrected chi connectivity index (χ2v) is 4.73. The number of methoxy groups -OCH3 is 1. The molecular weight excluding hydrogens is 208 g/mol. The van der Waals surface area contributed by atoms with Crippen LogP contribution in [-0.4, -0.2) is 31.3 Å². The maximum absolute atomic E-state index is 5.19. The van der Waals surface area contributed by atoms with E-state index in [4.69, 9.17) is 4.74 Å². The van der Waals surface area contributed by atoms with Crippen LogP contribution in [0.2, 0.25) is 0 Å². The highest BCUT2D eigenvalue weighted by Gasteiger charge is 2.10. The lowest BCUT2D eigenvalue weighted by atomic mass is 10.2. The Labute approximate surface area is 95.9 Å². The largest absolute Gasteiger partial charge is 0.383 e. The number of ether oxygens (including phenoxy) is 1. The highest BCUT2D eigenvalue weighted by Crippen LogP contribution is 2.10. The molecule has 1 unspecified atom stereocenters. The molecule has 1 atom stereocenters. The van der Waals surface area contributed by atoms with Crippen molar-refractivity contribution >= 4 is 11.3 Å². The lowest BCUT2D eigenvalue weighted by Gasteiger charge is -2.16. The van der Waals surface area contributed by atoms with Crippen molar-refractivity contribution < 1.29 is 4.74 Å². The Hall–Kier alpha value is -0.450. The highest BCUT2D eigenvalue weighted by molar-refractivity contribution is 7.09. The van der Waals surface area contributed by atoms with Gasteiger partial charge in [0.2, 0.25) is 0 Å². The number of nitrogens with zero attached hydrogens (tertiary/aromatic N) is 1. The van der Waals surface area contributed by atoms with Crippen LogP contribution in [0, 0.1) is 6.92 Å². The van der Waals surface area contributed by atoms with Crippen molar-refractivity contribution in [2.45, 2.75) is 32.7 Å². The molecule has 86 valence electrons. The van der Waals surface area contributed by atoms with Crippen LogP contribution in [0.3, 0.4) is 0 Å². The van der Waals surface area contributed by atoms with E-state index in [1.165, 1.54) is 5.69 Å². The lowest BCUT2D eigenvalue weighted by molar-refractivity contribution is 0.166. The summed E-state index contributed by atoms with van der Waals surface area (Å²) in [5, 5.41) is 6.73. The Morgan fingerprint density at radius 1 is 1.60 bits per heavy atom. The Morgan fingerprint density at radius 3 is 2.93 bits per heavy atom. The molecule has 1 rings (SSSR count). The quantitative estimate of drug-likeness (QED) is 0.775. The summed E-state index contributed by atoms with van der Waals surface area (Å²) in [6.07, 6.45) is 2.11. The third-order valence-electron chi connectivity index (χ3n) is 2.17. The predicted molar refractivity (Wildman–Crippen MR) is 64.5 cm³/mol. The summed E-state index contributed by atoms with van der Waals surface area (Å²) in [5.41, 5.74) is 1.17. The molecule has 0 saturated heterocycles. The number of hydrogen-bond donors (Lipinski definition) is 1. The van der Waals surface area contributed by atoms with Crippen LogP contribution >= 0.6 is 11.3 Å². The first-order valence-corrected chi connectivity index (χ1v) is 6.27. The summed E-state index contributed by atoms with van der Waals surface area (Å²) < 4.78 is 5.19. The molecular formula is C11H20N2OS. The third-order valence-corrected chi connectivity index (χ3v) is 3.00. The zero-order valence-electron chi connectivity index (χ0n) is 9.75. The van der Waals surface area contributed by atoms with Gasteiger partial charge in [0.1, 0.15) is 0 Å². The van der Waals surface area contributed by atoms with E-state index in [2.05, 4.69) is 22.6 Å². The van der Waals surface area contributed by atoms with Crippen molar-refractivity contribution in [2.75, 3.05) is 20.3 Å². The van der Waals surface area contributed by atoms with Gasteiger partial charge in [0.05, 0.1) is 17.3 Å². The number of aryl methyl sites for hydroxylation is 1. The van der Waals surface area contributed by atoms with Crippen molar-refractivity contribution in [1.29, 1.82) is 0 Å². The summed E-state index contributed by atoms with van der Waals surface area (Å²) >= 11 is 1.71. The van der Waals surface area contributed by atoms with Crippen molar-refractivity contribution in [3.8, 4) is 0 Å². The van der Waals surface area contributed by atoms with Gasteiger partial charge in [-0.25, -0.2) is 4.98 Å². The van der Waals surface area contributed by atoms with E-state index < -0.39 is 0 Å². The summed E-state index contributed by atoms with van der Waals surface area (Å²) in [5.74, 6) is 0. The summed E-state index contributed by atoms with van der Waals surface area (Å²) in [4.78, 5) is 4.46. The highest BCUT2D eigenvalue weighted by atomic mass is 32.1. The monoisotopic (exact) mass is 228 g/mol. The Kier molecular flexibility index (Phi) is 5.83. The van der Waals surface area contributed by atoms with Gasteiger partial charge in [0.15, 0.2) is 0 Å². The van der Waals surface area contributed by atoms with Crippen LogP contribution in [0.4, 0.5) is 0 Å². The molecule has 0 radical (unpaired) electrons. The maximum Gasteiger partial charge on any atom is 0.0897 e. The first kappa shape index (κ1) is 12.6. The normalized spacial score (nSPS) is 13.0. The van der Waals surface area contributed by atoms with Gasteiger partial charge in [-0.3, -0.25) is 0 Å². The van der Waals surface area contributed by atoms with Crippen molar-refractivity contribution in [3.63, 3.8) is 0 Å². The molecule has 4 heteroatoms. The van der Waals surface area contributed by atoms with Crippen molar-refractivity contribution in [2.24, 2.45) is 0 Å². The van der Waals surface area contributed by atoms with Gasteiger partial charge >= 0.3 is 0 Å². The third kappa shape index (κ3) is 4.73. The number of nitrogens with one attached hydrogen (secondary N) is 1. The zero-order chi connectivity index (χ0) is 11.1. The van der Waals surface area contributed by atoms with Crippen LogP contribution in [0.15, 0.2) is 5.38 Å². The van der Waals surface area contributed by atoms with Gasteiger partial charge in [-0.1, -0.05) is 6.92 Å². The molecule has 1 heterocycles. The fourth-order valence-corrected chi connectivity index (χ4v) is 2.12. The maximum atomic E-state index is 5.19. The molecule has 1 N–H and O–H groups in total. The molecule has 0 saturated carbocycles. The van der Waals surface area contributed by atoms with Crippen LogP contribution in [0.5, 0.6) is 0 Å². The van der Waals surface area contributed by atoms with Gasteiger partial charge in [0, 0.05) is 25.0 Å². The van der Waals surface area contributed by atoms with Crippen LogP contribution in [0.25, 0.3) is 0 Å². The van der Waals surface area contributed by atoms with Gasteiger partial charge in [-0.2, -0.15) is 0 Å². The van der Waals surface area contributed by atoms with Gasteiger partial charge in [-0.15, -0.1) is 11.3 Å². The second kappa shape index (κ2) is 6.93. The number of hydrogen-bond acceptors (Lipinski definition) is 4. The molecule has 15 heavy (non-hydrogen) atoms. The van der Waals surface area contributed by atoms with E-state index in [9.17, 15) is 0 Å². The van der Waals surface area contributed by atoms with Crippen molar-refractivity contribution in [1.82, 2.24) is 10.3 Å². The SMILES string of the molecule is CCCNC(COC)Cc1csc(C)n1. The van der Waals surface area contributed by atoms with Gasteiger partial charge in [-0.05, 0) is 19.9 Å². The minimum absolute atomic E-state index is 0.386. The molecule has 0 bridgehead atoms. The summed E-state index contributed by atoms with van der Waals surface area (Å²) in [6, 6.07) is 0.386. The first-order valence-electron chi connectivity index (χ1n) is 5.39. The van der Waals surface area contributed by atoms with Crippen molar-refractivity contribution in [3.05, 3.63) is 16.1 Å². The average molecular weight is 228 g/mol. The van der Waals surface area contributed by atoms with Gasteiger partial charge < -0.3 is 10.1 Å². The van der Waals surface area contributed by atoms with Gasteiger partial charge in [0.25, 0.3) is 0 Å². The van der Waals surface area contributed by atoms with Crippen LogP contribution in [-0.2, 0) is 11.2 Å². The molecule has 0 spiro atoms. The summed E-state index contributed by atoms with van der Waals surface area (Å²) in [6.45, 7) is 6.00. The Balaban J connectivity index is 2.42. The first-order chi connectivity index (χ1) is 7.26. The molecule has 0 amide bonds. The van der Waals surface area contributed by atoms with E-state index >= 15 is 0 Å². The van der Waals surface area contributed by atoms with Crippen LogP contribution < -0.4 is 5.32 Å². The Bertz CT molecular complexity index is 275. The lowest BCUT2D eigenvalue weighted by Crippen LogP contribution is -2.35. The standard InChI is InChI=1S/C11H20N2OS/c1-4-5-12-10(7-14-3)6-11-8-15-9(2)13-11/h8,10,12H,4-7H2,1-3H3. The number of aromatic nitrogens is 1. The minimum atomic E-state index is 0.386. The number of rotatable bonds is 7. The topological polar surface area (TPSA) is 34.1 Å². The fourth-order valence-electron chi connectivity index (χ4n) is 1.49. The molecule has 3 nitrogen and oxygen atoms in total. The predicted octanol–water partition coefficient (Wildman–Crippen LogP) is 2.01. The fraction of sp³-hybridized carbons (Fsp3) is 0.727. The second-order valence-electron chi connectivity index (χ2n) is 3.67.